The second kappa shape index (κ2) is 13.4. The molecule has 38 heavy (non-hydrogen) atoms. The van der Waals surface area contributed by atoms with Gasteiger partial charge in [0.2, 0.25) is 17.7 Å². The van der Waals surface area contributed by atoms with E-state index in [1.54, 1.807) is 0 Å². The zero-order valence-corrected chi connectivity index (χ0v) is 21.6. The molecule has 12 heteroatoms. The number of aliphatic hydroxyl groups is 1. The first-order chi connectivity index (χ1) is 18.1. The summed E-state index contributed by atoms with van der Waals surface area (Å²) < 4.78 is 0. The molecule has 1 saturated heterocycles. The maximum absolute atomic E-state index is 13.2. The number of carbonyl (C=O) groups is 4. The predicted octanol–water partition coefficient (Wildman–Crippen LogP) is -0.407. The van der Waals surface area contributed by atoms with Crippen molar-refractivity contribution in [2.24, 2.45) is 11.5 Å². The largest absolute Gasteiger partial charge is 0.480 e. The highest BCUT2D eigenvalue weighted by Gasteiger charge is 2.39. The summed E-state index contributed by atoms with van der Waals surface area (Å²) in [6.45, 7) is 2.06. The van der Waals surface area contributed by atoms with Crippen LogP contribution in [0.5, 0.6) is 0 Å². The standard InChI is InChI=1S/C26H38N6O6/c1-15(33)22(24(35)30-20(26(37)38)9-4-5-11-27)31-23(34)21-10-6-12-32(21)25(36)18(28)13-16-14-29-19-8-3-2-7-17(16)19/h2-3,7-8,14-15,18,20-22,29,33H,4-6,9-13,27-28H2,1H3,(H,30,35)(H,31,34)(H,37,38). The number of para-hydroxylation sites is 1. The summed E-state index contributed by atoms with van der Waals surface area (Å²) in [6.07, 6.45) is 3.03. The van der Waals surface area contributed by atoms with Crippen LogP contribution in [0.3, 0.4) is 0 Å². The third-order valence-corrected chi connectivity index (χ3v) is 6.89. The molecule has 0 spiro atoms. The number of carbonyl (C=O) groups excluding carboxylic acids is 3. The smallest absolute Gasteiger partial charge is 0.326 e. The van der Waals surface area contributed by atoms with Gasteiger partial charge in [-0.1, -0.05) is 18.2 Å². The lowest BCUT2D eigenvalue weighted by atomic mass is 10.0. The van der Waals surface area contributed by atoms with Gasteiger partial charge in [0.1, 0.15) is 18.1 Å². The van der Waals surface area contributed by atoms with Crippen molar-refractivity contribution in [2.45, 2.75) is 75.7 Å². The lowest BCUT2D eigenvalue weighted by Crippen LogP contribution is -2.59. The number of fused-ring (bicyclic) bond motifs is 1. The molecule has 0 bridgehead atoms. The molecule has 0 saturated carbocycles. The molecule has 208 valence electrons. The minimum absolute atomic E-state index is 0.165. The Morgan fingerprint density at radius 1 is 1.18 bits per heavy atom. The van der Waals surface area contributed by atoms with Crippen LogP contribution in [0.1, 0.15) is 44.6 Å². The number of rotatable bonds is 13. The van der Waals surface area contributed by atoms with Gasteiger partial charge in [-0.15, -0.1) is 0 Å². The van der Waals surface area contributed by atoms with E-state index in [1.807, 2.05) is 30.5 Å². The number of amides is 3. The van der Waals surface area contributed by atoms with E-state index in [0.717, 1.165) is 16.5 Å². The Morgan fingerprint density at radius 3 is 2.61 bits per heavy atom. The molecule has 0 aliphatic carbocycles. The maximum atomic E-state index is 13.2. The Balaban J connectivity index is 1.64. The highest BCUT2D eigenvalue weighted by atomic mass is 16.4. The number of benzene rings is 1. The van der Waals surface area contributed by atoms with Crippen LogP contribution in [0.25, 0.3) is 10.9 Å². The van der Waals surface area contributed by atoms with Gasteiger partial charge in [0.25, 0.3) is 0 Å². The average molecular weight is 531 g/mol. The molecule has 1 aromatic carbocycles. The van der Waals surface area contributed by atoms with E-state index >= 15 is 0 Å². The molecule has 5 unspecified atom stereocenters. The van der Waals surface area contributed by atoms with Crippen LogP contribution in [0.15, 0.2) is 30.5 Å². The number of H-pyrrole nitrogens is 1. The second-order valence-electron chi connectivity index (χ2n) is 9.77. The minimum Gasteiger partial charge on any atom is -0.480 e. The van der Waals surface area contributed by atoms with Crippen LogP contribution in [-0.4, -0.2) is 87.1 Å². The lowest BCUT2D eigenvalue weighted by molar-refractivity contribution is -0.144. The highest BCUT2D eigenvalue weighted by Crippen LogP contribution is 2.22. The lowest BCUT2D eigenvalue weighted by Gasteiger charge is -2.29. The summed E-state index contributed by atoms with van der Waals surface area (Å²) in [5.41, 5.74) is 13.5. The molecule has 9 N–H and O–H groups in total. The molecule has 12 nitrogen and oxygen atoms in total. The van der Waals surface area contributed by atoms with Gasteiger partial charge in [-0.25, -0.2) is 4.79 Å². The molecule has 0 radical (unpaired) electrons. The van der Waals surface area contributed by atoms with Crippen molar-refractivity contribution in [3.63, 3.8) is 0 Å². The number of nitrogens with two attached hydrogens (primary N) is 2. The zero-order chi connectivity index (χ0) is 27.8. The molecule has 1 aliphatic rings. The van der Waals surface area contributed by atoms with E-state index in [4.69, 9.17) is 11.5 Å². The van der Waals surface area contributed by atoms with Gasteiger partial charge in [0, 0.05) is 23.6 Å². The SMILES string of the molecule is CC(O)C(NC(=O)C1CCCN1C(=O)C(N)Cc1c[nH]c2ccccc12)C(=O)NC(CCCCN)C(=O)O. The molecular formula is C26H38N6O6. The summed E-state index contributed by atoms with van der Waals surface area (Å²) in [5, 5.41) is 25.5. The third-order valence-electron chi connectivity index (χ3n) is 6.89. The summed E-state index contributed by atoms with van der Waals surface area (Å²) in [6, 6.07) is 3.39. The van der Waals surface area contributed by atoms with Crippen molar-refractivity contribution in [3.05, 3.63) is 36.0 Å². The fourth-order valence-electron chi connectivity index (χ4n) is 4.81. The van der Waals surface area contributed by atoms with Crippen LogP contribution < -0.4 is 22.1 Å². The summed E-state index contributed by atoms with van der Waals surface area (Å²) in [4.78, 5) is 55.3. The fourth-order valence-corrected chi connectivity index (χ4v) is 4.81. The first kappa shape index (κ1) is 29.1. The van der Waals surface area contributed by atoms with E-state index in [-0.39, 0.29) is 18.7 Å². The van der Waals surface area contributed by atoms with Gasteiger partial charge in [-0.05, 0) is 63.6 Å². The van der Waals surface area contributed by atoms with E-state index in [9.17, 15) is 29.4 Å². The number of carboxylic acid groups (broad SMARTS) is 1. The van der Waals surface area contributed by atoms with Gasteiger partial charge in [-0.3, -0.25) is 14.4 Å². The Hall–Kier alpha value is -3.48. The van der Waals surface area contributed by atoms with Gasteiger partial charge in [0.05, 0.1) is 12.1 Å². The van der Waals surface area contributed by atoms with Crippen molar-refractivity contribution in [2.75, 3.05) is 13.1 Å². The first-order valence-corrected chi connectivity index (χ1v) is 13.0. The van der Waals surface area contributed by atoms with Crippen LogP contribution in [0.2, 0.25) is 0 Å². The number of aliphatic carboxylic acids is 1. The Kier molecular flexibility index (Phi) is 10.2. The molecule has 1 aromatic heterocycles. The highest BCUT2D eigenvalue weighted by molar-refractivity contribution is 5.95. The molecule has 3 amide bonds. The van der Waals surface area contributed by atoms with Gasteiger partial charge in [0.15, 0.2) is 0 Å². The number of aromatic nitrogens is 1. The van der Waals surface area contributed by atoms with Crippen LogP contribution >= 0.6 is 0 Å². The number of nitrogens with one attached hydrogen (secondary N) is 3. The van der Waals surface area contributed by atoms with Gasteiger partial charge in [-0.2, -0.15) is 0 Å². The second-order valence-corrected chi connectivity index (χ2v) is 9.77. The molecule has 2 aromatic rings. The number of likely N-dealkylation sites (tertiary alicyclic amines) is 1. The summed E-state index contributed by atoms with van der Waals surface area (Å²) in [7, 11) is 0. The van der Waals surface area contributed by atoms with Crippen molar-refractivity contribution < 1.29 is 29.4 Å². The van der Waals surface area contributed by atoms with Crippen molar-refractivity contribution >= 4 is 34.6 Å². The molecule has 2 heterocycles. The van der Waals surface area contributed by atoms with Crippen molar-refractivity contribution in [1.29, 1.82) is 0 Å². The normalized spacial score (nSPS) is 18.5. The molecule has 5 atom stereocenters. The molecular weight excluding hydrogens is 492 g/mol. The molecule has 1 fully saturated rings. The third kappa shape index (κ3) is 7.09. The number of nitrogens with zero attached hydrogens (tertiary/aromatic N) is 1. The van der Waals surface area contributed by atoms with Crippen LogP contribution in [0.4, 0.5) is 0 Å². The summed E-state index contributed by atoms with van der Waals surface area (Å²) >= 11 is 0. The number of aliphatic hydroxyl groups excluding tert-OH is 1. The van der Waals surface area contributed by atoms with E-state index in [1.165, 1.54) is 11.8 Å². The predicted molar refractivity (Wildman–Crippen MR) is 141 cm³/mol. The molecule has 3 rings (SSSR count). The minimum atomic E-state index is -1.39. The van der Waals surface area contributed by atoms with Gasteiger partial charge < -0.3 is 42.2 Å². The topological polar surface area (TPSA) is 204 Å². The van der Waals surface area contributed by atoms with Crippen molar-refractivity contribution in [3.8, 4) is 0 Å². The van der Waals surface area contributed by atoms with Gasteiger partial charge >= 0.3 is 5.97 Å². The Morgan fingerprint density at radius 2 is 1.92 bits per heavy atom. The summed E-state index contributed by atoms with van der Waals surface area (Å²) in [5.74, 6) is -3.02. The number of aromatic amines is 1. The Bertz CT molecular complexity index is 1130. The van der Waals surface area contributed by atoms with Crippen molar-refractivity contribution in [1.82, 2.24) is 20.5 Å². The fraction of sp³-hybridized carbons (Fsp3) is 0.538. The van der Waals surface area contributed by atoms with E-state index < -0.39 is 48.1 Å². The van der Waals surface area contributed by atoms with E-state index in [2.05, 4.69) is 15.6 Å². The number of hydrogen-bond acceptors (Lipinski definition) is 7. The quantitative estimate of drug-likeness (QED) is 0.169. The van der Waals surface area contributed by atoms with Crippen LogP contribution in [0, 0.1) is 0 Å². The number of hydrogen-bond donors (Lipinski definition) is 7. The number of unbranched alkanes of at least 4 members (excludes halogenated alkanes) is 1. The molecule has 1 aliphatic heterocycles. The first-order valence-electron chi connectivity index (χ1n) is 13.0. The zero-order valence-electron chi connectivity index (χ0n) is 21.6. The monoisotopic (exact) mass is 530 g/mol. The Labute approximate surface area is 221 Å². The maximum Gasteiger partial charge on any atom is 0.326 e. The number of carboxylic acids is 1. The van der Waals surface area contributed by atoms with E-state index in [0.29, 0.717) is 38.8 Å². The van der Waals surface area contributed by atoms with Crippen LogP contribution in [-0.2, 0) is 25.6 Å². The average Bonchev–Trinajstić information content (AvgIpc) is 3.53.